The van der Waals surface area contributed by atoms with E-state index >= 15 is 0 Å². The summed E-state index contributed by atoms with van der Waals surface area (Å²) in [5.74, 6) is -0.516. The van der Waals surface area contributed by atoms with Gasteiger partial charge in [0.2, 0.25) is 5.88 Å². The molecular formula is C17H17BrCl2N2O4. The molecule has 1 aromatic heterocycles. The highest BCUT2D eigenvalue weighted by molar-refractivity contribution is 9.10. The fourth-order valence-corrected chi connectivity index (χ4v) is 2.78. The minimum Gasteiger partial charge on any atom is -0.481 e. The van der Waals surface area contributed by atoms with Crippen molar-refractivity contribution < 1.29 is 19.4 Å². The number of rotatable bonds is 4. The lowest BCUT2D eigenvalue weighted by atomic mass is 10.1. The summed E-state index contributed by atoms with van der Waals surface area (Å²) in [6.07, 6.45) is 1.93. The number of likely N-dealkylation sites (tertiary alicyclic amines) is 1. The Balaban J connectivity index is 0.00000169. The summed E-state index contributed by atoms with van der Waals surface area (Å²) < 4.78 is 6.56. The molecule has 0 spiro atoms. The molecule has 26 heavy (non-hydrogen) atoms. The molecule has 2 heterocycles. The molecule has 1 saturated heterocycles. The van der Waals surface area contributed by atoms with Gasteiger partial charge in [-0.3, -0.25) is 9.59 Å². The lowest BCUT2D eigenvalue weighted by Crippen LogP contribution is -2.30. The van der Waals surface area contributed by atoms with Crippen LogP contribution in [0.5, 0.6) is 11.6 Å². The maximum atomic E-state index is 12.4. The van der Waals surface area contributed by atoms with E-state index in [9.17, 15) is 9.59 Å². The topological polar surface area (TPSA) is 79.7 Å². The zero-order chi connectivity index (χ0) is 17.1. The van der Waals surface area contributed by atoms with Gasteiger partial charge in [0.25, 0.3) is 5.91 Å². The molecule has 0 aliphatic carbocycles. The van der Waals surface area contributed by atoms with Crippen LogP contribution in [0.25, 0.3) is 0 Å². The molecule has 6 nitrogen and oxygen atoms in total. The molecule has 1 amide bonds. The molecule has 0 saturated carbocycles. The van der Waals surface area contributed by atoms with Gasteiger partial charge < -0.3 is 14.7 Å². The Hall–Kier alpha value is -1.83. The van der Waals surface area contributed by atoms with Gasteiger partial charge in [0.1, 0.15) is 5.75 Å². The smallest absolute Gasteiger partial charge is 0.308 e. The Morgan fingerprint density at radius 3 is 2.38 bits per heavy atom. The van der Waals surface area contributed by atoms with Gasteiger partial charge in [-0.15, -0.1) is 24.8 Å². The predicted octanol–water partition coefficient (Wildman–Crippen LogP) is 4.03. The van der Waals surface area contributed by atoms with E-state index in [4.69, 9.17) is 9.84 Å². The molecule has 3 rings (SSSR count). The first-order chi connectivity index (χ1) is 11.5. The minimum atomic E-state index is -0.860. The van der Waals surface area contributed by atoms with Crippen molar-refractivity contribution in [1.29, 1.82) is 0 Å². The number of carbonyl (C=O) groups excluding carboxylic acids is 1. The van der Waals surface area contributed by atoms with E-state index in [2.05, 4.69) is 20.9 Å². The first kappa shape index (κ1) is 22.2. The zero-order valence-electron chi connectivity index (χ0n) is 13.5. The number of carboxylic acid groups (broad SMARTS) is 1. The molecule has 1 aliphatic rings. The summed E-state index contributed by atoms with van der Waals surface area (Å²) in [5.41, 5.74) is 0.421. The van der Waals surface area contributed by atoms with E-state index in [1.165, 1.54) is 6.20 Å². The molecule has 1 unspecified atom stereocenters. The molecule has 0 radical (unpaired) electrons. The minimum absolute atomic E-state index is 0. The van der Waals surface area contributed by atoms with E-state index < -0.39 is 11.9 Å². The van der Waals surface area contributed by atoms with Gasteiger partial charge in [-0.25, -0.2) is 4.98 Å². The number of carbonyl (C=O) groups is 2. The van der Waals surface area contributed by atoms with Crippen molar-refractivity contribution in [1.82, 2.24) is 9.88 Å². The zero-order valence-corrected chi connectivity index (χ0v) is 16.7. The highest BCUT2D eigenvalue weighted by atomic mass is 79.9. The number of ether oxygens (including phenoxy) is 1. The highest BCUT2D eigenvalue weighted by Gasteiger charge is 2.31. The average molecular weight is 464 g/mol. The first-order valence-electron chi connectivity index (χ1n) is 7.44. The van der Waals surface area contributed by atoms with Gasteiger partial charge in [-0.1, -0.05) is 15.9 Å². The number of pyridine rings is 1. The molecule has 0 bridgehead atoms. The van der Waals surface area contributed by atoms with Crippen LogP contribution in [0.15, 0.2) is 47.1 Å². The lowest BCUT2D eigenvalue weighted by Gasteiger charge is -2.15. The van der Waals surface area contributed by atoms with Crippen molar-refractivity contribution in [2.24, 2.45) is 5.92 Å². The molecule has 140 valence electrons. The maximum absolute atomic E-state index is 12.4. The second-order valence-electron chi connectivity index (χ2n) is 5.52. The van der Waals surface area contributed by atoms with E-state index in [-0.39, 0.29) is 37.3 Å². The second kappa shape index (κ2) is 9.75. The molecule has 1 N–H and O–H groups in total. The van der Waals surface area contributed by atoms with E-state index in [1.807, 2.05) is 12.1 Å². The summed E-state index contributed by atoms with van der Waals surface area (Å²) in [5, 5.41) is 9.01. The van der Waals surface area contributed by atoms with E-state index in [1.54, 1.807) is 29.2 Å². The van der Waals surface area contributed by atoms with Crippen molar-refractivity contribution in [3.63, 3.8) is 0 Å². The standard InChI is InChI=1S/C17H15BrN2O4.2ClH/c18-13-2-4-14(5-3-13)24-15-6-1-11(9-19-15)16(21)20-8-7-12(10-20)17(22)23;;/h1-6,9,12H,7-8,10H2,(H,22,23);2*1H. The van der Waals surface area contributed by atoms with E-state index in [0.29, 0.717) is 30.2 Å². The second-order valence-corrected chi connectivity index (χ2v) is 6.43. The molecule has 1 aromatic carbocycles. The van der Waals surface area contributed by atoms with Crippen molar-refractivity contribution in [2.75, 3.05) is 13.1 Å². The summed E-state index contributed by atoms with van der Waals surface area (Å²) in [6, 6.07) is 10.6. The molecule has 1 atom stereocenters. The van der Waals surface area contributed by atoms with E-state index in [0.717, 1.165) is 4.47 Å². The van der Waals surface area contributed by atoms with Crippen molar-refractivity contribution >= 4 is 52.6 Å². The van der Waals surface area contributed by atoms with Gasteiger partial charge in [0.15, 0.2) is 0 Å². The lowest BCUT2D eigenvalue weighted by molar-refractivity contribution is -0.141. The molecule has 1 aliphatic heterocycles. The number of hydrogen-bond donors (Lipinski definition) is 1. The largest absolute Gasteiger partial charge is 0.481 e. The van der Waals surface area contributed by atoms with Gasteiger partial charge in [0, 0.05) is 29.8 Å². The SMILES string of the molecule is Cl.Cl.O=C(O)C1CCN(C(=O)c2ccc(Oc3ccc(Br)cc3)nc2)C1. The molecular weight excluding hydrogens is 447 g/mol. The fourth-order valence-electron chi connectivity index (χ4n) is 2.52. The molecule has 1 fully saturated rings. The number of halogens is 3. The number of aliphatic carboxylic acids is 1. The van der Waals surface area contributed by atoms with Crippen LogP contribution in [-0.2, 0) is 4.79 Å². The maximum Gasteiger partial charge on any atom is 0.308 e. The number of aromatic nitrogens is 1. The van der Waals surface area contributed by atoms with Crippen LogP contribution < -0.4 is 4.74 Å². The Kier molecular flexibility index (Phi) is 8.33. The number of amides is 1. The fraction of sp³-hybridized carbons (Fsp3) is 0.235. The van der Waals surface area contributed by atoms with Crippen molar-refractivity contribution in [2.45, 2.75) is 6.42 Å². The third-order valence-corrected chi connectivity index (χ3v) is 4.37. The van der Waals surface area contributed by atoms with Crippen LogP contribution in [0.4, 0.5) is 0 Å². The third-order valence-electron chi connectivity index (χ3n) is 3.84. The number of carboxylic acids is 1. The Labute approximate surface area is 171 Å². The summed E-state index contributed by atoms with van der Waals surface area (Å²) in [4.78, 5) is 29.0. The average Bonchev–Trinajstić information content (AvgIpc) is 3.07. The normalized spacial score (nSPS) is 15.6. The summed E-state index contributed by atoms with van der Waals surface area (Å²) >= 11 is 3.35. The van der Waals surface area contributed by atoms with Crippen LogP contribution in [0.2, 0.25) is 0 Å². The van der Waals surface area contributed by atoms with Crippen LogP contribution in [0.3, 0.4) is 0 Å². The monoisotopic (exact) mass is 462 g/mol. The Morgan fingerprint density at radius 2 is 1.85 bits per heavy atom. The van der Waals surface area contributed by atoms with Gasteiger partial charge in [0.05, 0.1) is 11.5 Å². The quantitative estimate of drug-likeness (QED) is 0.740. The van der Waals surface area contributed by atoms with Crippen LogP contribution in [0, 0.1) is 5.92 Å². The Morgan fingerprint density at radius 1 is 1.15 bits per heavy atom. The first-order valence-corrected chi connectivity index (χ1v) is 8.24. The summed E-state index contributed by atoms with van der Waals surface area (Å²) in [7, 11) is 0. The van der Waals surface area contributed by atoms with Crippen molar-refractivity contribution in [3.8, 4) is 11.6 Å². The third kappa shape index (κ3) is 5.33. The molecule has 9 heteroatoms. The van der Waals surface area contributed by atoms with Gasteiger partial charge in [-0.05, 0) is 36.8 Å². The van der Waals surface area contributed by atoms with Crippen LogP contribution >= 0.6 is 40.7 Å². The molecule has 2 aromatic rings. The predicted molar refractivity (Wildman–Crippen MR) is 105 cm³/mol. The Bertz CT molecular complexity index is 756. The highest BCUT2D eigenvalue weighted by Crippen LogP contribution is 2.23. The summed E-state index contributed by atoms with van der Waals surface area (Å²) in [6.45, 7) is 0.693. The number of nitrogens with zero attached hydrogens (tertiary/aromatic N) is 2. The number of benzene rings is 1. The van der Waals surface area contributed by atoms with Crippen molar-refractivity contribution in [3.05, 3.63) is 52.6 Å². The van der Waals surface area contributed by atoms with Gasteiger partial charge in [-0.2, -0.15) is 0 Å². The van der Waals surface area contributed by atoms with Crippen LogP contribution in [-0.4, -0.2) is 40.0 Å². The van der Waals surface area contributed by atoms with Crippen LogP contribution in [0.1, 0.15) is 16.8 Å². The van der Waals surface area contributed by atoms with Gasteiger partial charge >= 0.3 is 5.97 Å². The number of hydrogen-bond acceptors (Lipinski definition) is 4.